The number of piperidine rings is 1. The van der Waals surface area contributed by atoms with Crippen LogP contribution in [0.1, 0.15) is 36.8 Å². The highest BCUT2D eigenvalue weighted by atomic mass is 32.2. The summed E-state index contributed by atoms with van der Waals surface area (Å²) in [4.78, 5) is 11.3. The Kier molecular flexibility index (Phi) is 7.50. The van der Waals surface area contributed by atoms with Gasteiger partial charge in [-0.1, -0.05) is 24.3 Å². The molecule has 2 aliphatic carbocycles. The molecule has 2 unspecified atom stereocenters. The van der Waals surface area contributed by atoms with Crippen LogP contribution in [-0.4, -0.2) is 55.5 Å². The molecule has 7 nitrogen and oxygen atoms in total. The Labute approximate surface area is 211 Å². The van der Waals surface area contributed by atoms with Crippen molar-refractivity contribution >= 4 is 21.4 Å². The number of aromatic nitrogens is 2. The lowest BCUT2D eigenvalue weighted by molar-refractivity contribution is 0.102. The number of hydrogen-bond acceptors (Lipinski definition) is 7. The summed E-state index contributed by atoms with van der Waals surface area (Å²) in [5.41, 5.74) is 2.59. The van der Waals surface area contributed by atoms with Crippen LogP contribution >= 0.6 is 0 Å². The summed E-state index contributed by atoms with van der Waals surface area (Å²) in [6, 6.07) is 3.84. The number of anilines is 1. The van der Waals surface area contributed by atoms with E-state index in [1.54, 1.807) is 0 Å². The van der Waals surface area contributed by atoms with Crippen LogP contribution in [0.4, 0.5) is 10.3 Å². The maximum Gasteiger partial charge on any atom is 0.225 e. The third-order valence-electron chi connectivity index (χ3n) is 7.48. The smallest absolute Gasteiger partial charge is 0.225 e. The Morgan fingerprint density at radius 1 is 1.17 bits per heavy atom. The molecule has 1 aromatic heterocycles. The van der Waals surface area contributed by atoms with Crippen molar-refractivity contribution in [3.05, 3.63) is 65.8 Å². The minimum atomic E-state index is -3.67. The first kappa shape index (κ1) is 25.0. The molecule has 2 aromatic rings. The predicted molar refractivity (Wildman–Crippen MR) is 135 cm³/mol. The first-order valence-electron chi connectivity index (χ1n) is 12.6. The fourth-order valence-electron chi connectivity index (χ4n) is 5.27. The lowest BCUT2D eigenvalue weighted by atomic mass is 9.91. The molecule has 0 amide bonds. The Morgan fingerprint density at radius 2 is 1.94 bits per heavy atom. The quantitative estimate of drug-likeness (QED) is 0.517. The molecule has 1 saturated heterocycles. The van der Waals surface area contributed by atoms with Gasteiger partial charge >= 0.3 is 0 Å². The normalized spacial score (nSPS) is 22.2. The van der Waals surface area contributed by atoms with Gasteiger partial charge in [-0.25, -0.2) is 22.8 Å². The summed E-state index contributed by atoms with van der Waals surface area (Å²) in [5, 5.41) is 8.88. The molecule has 1 saturated carbocycles. The van der Waals surface area contributed by atoms with Crippen LogP contribution in [0.5, 0.6) is 0 Å². The van der Waals surface area contributed by atoms with Gasteiger partial charge < -0.3 is 14.7 Å². The molecule has 9 heteroatoms. The molecule has 1 aromatic carbocycles. The van der Waals surface area contributed by atoms with Crippen molar-refractivity contribution in [1.82, 2.24) is 9.97 Å². The maximum atomic E-state index is 14.4. The van der Waals surface area contributed by atoms with E-state index in [1.807, 2.05) is 12.4 Å². The van der Waals surface area contributed by atoms with Crippen molar-refractivity contribution < 1.29 is 22.7 Å². The molecule has 0 bridgehead atoms. The van der Waals surface area contributed by atoms with Gasteiger partial charge in [0.25, 0.3) is 0 Å². The van der Waals surface area contributed by atoms with E-state index in [0.29, 0.717) is 29.9 Å². The summed E-state index contributed by atoms with van der Waals surface area (Å²) in [7, 11) is -3.67. The molecule has 1 N–H and O–H groups in total. The summed E-state index contributed by atoms with van der Waals surface area (Å²) in [6.45, 7) is 2.12. The molecular formula is C27H32FN3O4S. The van der Waals surface area contributed by atoms with Gasteiger partial charge in [-0.3, -0.25) is 0 Å². The van der Waals surface area contributed by atoms with Gasteiger partial charge in [0.2, 0.25) is 5.95 Å². The lowest BCUT2D eigenvalue weighted by Crippen LogP contribution is -2.35. The Morgan fingerprint density at radius 3 is 2.61 bits per heavy atom. The van der Waals surface area contributed by atoms with Gasteiger partial charge in [0.15, 0.2) is 9.84 Å². The standard InChI is InChI=1S/C27H32FN3O4S/c28-26-14-24(36(33,34)12-11-32)6-5-21(26)17-35-18-22-13-25(22)20-7-9-31(10-8-20)27-29-15-23(16-30-27)19-3-1-2-4-19/h1,3-6,14-16,20,22,25,32H,2,7-13,17-18H2. The molecule has 36 heavy (non-hydrogen) atoms. The average Bonchev–Trinajstić information content (AvgIpc) is 3.44. The van der Waals surface area contributed by atoms with E-state index in [9.17, 15) is 12.8 Å². The topological polar surface area (TPSA) is 92.6 Å². The number of aliphatic hydroxyl groups excluding tert-OH is 1. The largest absolute Gasteiger partial charge is 0.395 e. The highest BCUT2D eigenvalue weighted by Crippen LogP contribution is 2.48. The van der Waals surface area contributed by atoms with Crippen LogP contribution in [0, 0.1) is 23.6 Å². The van der Waals surface area contributed by atoms with E-state index in [0.717, 1.165) is 56.4 Å². The first-order chi connectivity index (χ1) is 17.4. The second kappa shape index (κ2) is 10.8. The zero-order valence-electron chi connectivity index (χ0n) is 20.2. The molecule has 2 atom stereocenters. The van der Waals surface area contributed by atoms with E-state index < -0.39 is 28.0 Å². The van der Waals surface area contributed by atoms with E-state index in [2.05, 4.69) is 33.1 Å². The minimum Gasteiger partial charge on any atom is -0.395 e. The summed E-state index contributed by atoms with van der Waals surface area (Å²) < 4.78 is 44.1. The van der Waals surface area contributed by atoms with Crippen LogP contribution in [0.15, 0.2) is 53.7 Å². The van der Waals surface area contributed by atoms with Crippen molar-refractivity contribution in [3.63, 3.8) is 0 Å². The highest BCUT2D eigenvalue weighted by Gasteiger charge is 2.43. The van der Waals surface area contributed by atoms with E-state index in [1.165, 1.54) is 17.7 Å². The number of halogens is 1. The number of sulfone groups is 1. The summed E-state index contributed by atoms with van der Waals surface area (Å²) in [6.07, 6.45) is 14.6. The van der Waals surface area contributed by atoms with Crippen LogP contribution in [-0.2, 0) is 21.2 Å². The highest BCUT2D eigenvalue weighted by molar-refractivity contribution is 7.91. The number of aliphatic hydroxyl groups is 1. The molecular weight excluding hydrogens is 481 g/mol. The minimum absolute atomic E-state index is 0.115. The molecule has 1 aliphatic heterocycles. The number of ether oxygens (including phenoxy) is 1. The zero-order valence-corrected chi connectivity index (χ0v) is 21.0. The third-order valence-corrected chi connectivity index (χ3v) is 9.17. The zero-order chi connectivity index (χ0) is 25.1. The van der Waals surface area contributed by atoms with Gasteiger partial charge in [-0.15, -0.1) is 0 Å². The van der Waals surface area contributed by atoms with E-state index in [4.69, 9.17) is 9.84 Å². The van der Waals surface area contributed by atoms with Crippen LogP contribution in [0.2, 0.25) is 0 Å². The fourth-order valence-corrected chi connectivity index (χ4v) is 6.30. The fraction of sp³-hybridized carbons (Fsp3) is 0.481. The number of nitrogens with zero attached hydrogens (tertiary/aromatic N) is 3. The Bertz CT molecular complexity index is 1240. The molecule has 3 aliphatic rings. The monoisotopic (exact) mass is 513 g/mol. The first-order valence-corrected chi connectivity index (χ1v) is 14.2. The van der Waals surface area contributed by atoms with Crippen molar-refractivity contribution in [2.45, 2.75) is 37.2 Å². The van der Waals surface area contributed by atoms with Gasteiger partial charge in [0.05, 0.1) is 30.5 Å². The summed E-state index contributed by atoms with van der Waals surface area (Å²) >= 11 is 0. The third kappa shape index (κ3) is 5.68. The van der Waals surface area contributed by atoms with Gasteiger partial charge in [-0.05, 0) is 61.1 Å². The predicted octanol–water partition coefficient (Wildman–Crippen LogP) is 3.79. The van der Waals surface area contributed by atoms with E-state index >= 15 is 0 Å². The number of allylic oxidation sites excluding steroid dienone is 4. The SMILES string of the molecule is O=S(=O)(CCO)c1ccc(COCC2CC2C2CCN(c3ncc(C4=CCC=C4)cn3)CC2)c(F)c1. The van der Waals surface area contributed by atoms with Crippen LogP contribution < -0.4 is 4.90 Å². The molecule has 192 valence electrons. The van der Waals surface area contributed by atoms with Gasteiger partial charge in [0, 0.05) is 36.6 Å². The number of benzene rings is 1. The van der Waals surface area contributed by atoms with Crippen LogP contribution in [0.25, 0.3) is 5.57 Å². The molecule has 2 heterocycles. The van der Waals surface area contributed by atoms with Crippen molar-refractivity contribution in [3.8, 4) is 0 Å². The lowest BCUT2D eigenvalue weighted by Gasteiger charge is -2.32. The number of hydrogen-bond donors (Lipinski definition) is 1. The molecule has 0 spiro atoms. The average molecular weight is 514 g/mol. The van der Waals surface area contributed by atoms with Gasteiger partial charge in [-0.2, -0.15) is 0 Å². The molecule has 5 rings (SSSR count). The van der Waals surface area contributed by atoms with Crippen LogP contribution in [0.3, 0.4) is 0 Å². The Hall–Kier alpha value is -2.62. The van der Waals surface area contributed by atoms with Gasteiger partial charge in [0.1, 0.15) is 5.82 Å². The van der Waals surface area contributed by atoms with Crippen molar-refractivity contribution in [2.24, 2.45) is 17.8 Å². The summed E-state index contributed by atoms with van der Waals surface area (Å²) in [5.74, 6) is 1.59. The van der Waals surface area contributed by atoms with Crippen molar-refractivity contribution in [2.75, 3.05) is 37.0 Å². The second-order valence-corrected chi connectivity index (χ2v) is 12.0. The second-order valence-electron chi connectivity index (χ2n) is 9.86. The maximum absolute atomic E-state index is 14.4. The Balaban J connectivity index is 1.05. The molecule has 0 radical (unpaired) electrons. The molecule has 2 fully saturated rings. The number of rotatable bonds is 10. The van der Waals surface area contributed by atoms with E-state index in [-0.39, 0.29) is 11.5 Å². The van der Waals surface area contributed by atoms with Crippen molar-refractivity contribution in [1.29, 1.82) is 0 Å².